The number of phenolic OH excluding ortho intramolecular Hbond substituents is 1. The summed E-state index contributed by atoms with van der Waals surface area (Å²) in [5, 5.41) is 21.4. The van der Waals surface area contributed by atoms with Crippen LogP contribution in [0.1, 0.15) is 24.1 Å². The third-order valence-electron chi connectivity index (χ3n) is 5.74. The van der Waals surface area contributed by atoms with E-state index in [2.05, 4.69) is 0 Å². The summed E-state index contributed by atoms with van der Waals surface area (Å²) in [6, 6.07) is 8.69. The molecule has 1 unspecified atom stereocenters. The van der Waals surface area contributed by atoms with E-state index in [9.17, 15) is 19.8 Å². The number of benzene rings is 2. The van der Waals surface area contributed by atoms with Crippen LogP contribution < -0.4 is 14.2 Å². The molecule has 0 bridgehead atoms. The highest BCUT2D eigenvalue weighted by Gasteiger charge is 2.46. The Hall–Kier alpha value is -3.72. The number of aliphatic hydroxyl groups excluding tert-OH is 1. The maximum atomic E-state index is 13.2. The molecular weight excluding hydrogens is 440 g/mol. The smallest absolute Gasteiger partial charge is 0.295 e. The Balaban J connectivity index is 1.84. The van der Waals surface area contributed by atoms with Gasteiger partial charge in [0.2, 0.25) is 0 Å². The molecule has 0 aromatic heterocycles. The molecule has 0 radical (unpaired) electrons. The van der Waals surface area contributed by atoms with E-state index < -0.39 is 17.7 Å². The van der Waals surface area contributed by atoms with Gasteiger partial charge in [-0.1, -0.05) is 6.07 Å². The zero-order chi connectivity index (χ0) is 24.4. The Kier molecular flexibility index (Phi) is 6.65. The molecule has 1 amide bonds. The molecule has 9 nitrogen and oxygen atoms in total. The molecule has 2 aliphatic heterocycles. The van der Waals surface area contributed by atoms with Gasteiger partial charge in [0.15, 0.2) is 23.0 Å². The number of rotatable bonds is 7. The molecule has 1 saturated heterocycles. The predicted octanol–water partition coefficient (Wildman–Crippen LogP) is 2.55. The average Bonchev–Trinajstić information content (AvgIpc) is 3.08. The van der Waals surface area contributed by atoms with E-state index in [0.29, 0.717) is 49.0 Å². The van der Waals surface area contributed by atoms with Gasteiger partial charge in [0.1, 0.15) is 19.0 Å². The highest BCUT2D eigenvalue weighted by Crippen LogP contribution is 2.42. The average molecular weight is 469 g/mol. The number of aromatic hydroxyl groups is 1. The number of hydrogen-bond donors (Lipinski definition) is 2. The van der Waals surface area contributed by atoms with Crippen molar-refractivity contribution in [3.63, 3.8) is 0 Å². The highest BCUT2D eigenvalue weighted by atomic mass is 16.6. The molecule has 2 aromatic carbocycles. The number of fused-ring (bicyclic) bond motifs is 1. The monoisotopic (exact) mass is 468 g/mol. The number of likely N-dealkylation sites (tertiary alicyclic amines) is 1. The summed E-state index contributed by atoms with van der Waals surface area (Å²) in [6.07, 6.45) is 0. The van der Waals surface area contributed by atoms with Crippen LogP contribution in [0.3, 0.4) is 0 Å². The summed E-state index contributed by atoms with van der Waals surface area (Å²) in [5.41, 5.74) is 0.843. The van der Waals surface area contributed by atoms with Crippen LogP contribution in [0.15, 0.2) is 42.0 Å². The van der Waals surface area contributed by atoms with Crippen LogP contribution in [-0.4, -0.2) is 78.7 Å². The van der Waals surface area contributed by atoms with Crippen LogP contribution in [0.25, 0.3) is 5.76 Å². The lowest BCUT2D eigenvalue weighted by atomic mass is 9.94. The first kappa shape index (κ1) is 23.4. The number of phenols is 1. The largest absolute Gasteiger partial charge is 0.507 e. The van der Waals surface area contributed by atoms with Gasteiger partial charge in [0, 0.05) is 18.7 Å². The molecule has 2 heterocycles. The van der Waals surface area contributed by atoms with Crippen molar-refractivity contribution in [3.8, 4) is 23.0 Å². The first-order chi connectivity index (χ1) is 16.3. The maximum absolute atomic E-state index is 13.2. The minimum Gasteiger partial charge on any atom is -0.507 e. The van der Waals surface area contributed by atoms with Crippen molar-refractivity contribution in [2.24, 2.45) is 0 Å². The molecule has 2 N–H and O–H groups in total. The molecule has 0 spiro atoms. The van der Waals surface area contributed by atoms with Gasteiger partial charge in [0.25, 0.3) is 11.7 Å². The van der Waals surface area contributed by atoms with Crippen LogP contribution in [0.2, 0.25) is 0 Å². The molecule has 9 heteroatoms. The summed E-state index contributed by atoms with van der Waals surface area (Å²) in [5.74, 6) is -0.597. The van der Waals surface area contributed by atoms with E-state index in [4.69, 9.17) is 14.2 Å². The van der Waals surface area contributed by atoms with E-state index in [-0.39, 0.29) is 29.4 Å². The molecule has 0 saturated carbocycles. The van der Waals surface area contributed by atoms with Gasteiger partial charge in [-0.15, -0.1) is 0 Å². The van der Waals surface area contributed by atoms with Crippen molar-refractivity contribution >= 4 is 17.4 Å². The fourth-order valence-electron chi connectivity index (χ4n) is 4.08. The number of ether oxygens (including phenoxy) is 3. The van der Waals surface area contributed by atoms with Crippen molar-refractivity contribution in [1.29, 1.82) is 0 Å². The molecular formula is C25H28N2O7. The Morgan fingerprint density at radius 1 is 1.12 bits per heavy atom. The molecule has 180 valence electrons. The van der Waals surface area contributed by atoms with Gasteiger partial charge >= 0.3 is 0 Å². The standard InChI is InChI=1S/C25H28N2O7/c1-4-32-19-13-15(5-7-17(19)28)22-21(24(30)25(31)27(22)10-9-26(2)3)23(29)16-6-8-18-20(14-16)34-12-11-33-18/h5-8,13-14,22,28-29H,4,9-12H2,1-3H3. The molecule has 1 atom stereocenters. The van der Waals surface area contributed by atoms with Gasteiger partial charge in [-0.2, -0.15) is 0 Å². The number of hydrogen-bond acceptors (Lipinski definition) is 8. The summed E-state index contributed by atoms with van der Waals surface area (Å²) in [4.78, 5) is 29.6. The normalized spacial score (nSPS) is 19.1. The summed E-state index contributed by atoms with van der Waals surface area (Å²) in [7, 11) is 3.74. The van der Waals surface area contributed by atoms with E-state index >= 15 is 0 Å². The van der Waals surface area contributed by atoms with Gasteiger partial charge < -0.3 is 34.2 Å². The summed E-state index contributed by atoms with van der Waals surface area (Å²) < 4.78 is 16.7. The number of Topliss-reactive ketones (excluding diaryl/α,β-unsaturated/α-hetero) is 1. The minimum absolute atomic E-state index is 0.0337. The molecule has 1 fully saturated rings. The second-order valence-corrected chi connectivity index (χ2v) is 8.31. The SMILES string of the molecule is CCOc1cc(C2C(=C(O)c3ccc4c(c3)OCCO4)C(=O)C(=O)N2CCN(C)C)ccc1O. The van der Waals surface area contributed by atoms with Crippen LogP contribution in [0.4, 0.5) is 0 Å². The summed E-state index contributed by atoms with van der Waals surface area (Å²) in [6.45, 7) is 3.71. The van der Waals surface area contributed by atoms with E-state index in [1.165, 1.54) is 11.0 Å². The molecule has 2 aliphatic rings. The van der Waals surface area contributed by atoms with Crippen LogP contribution in [0, 0.1) is 0 Å². The quantitative estimate of drug-likeness (QED) is 0.363. The second-order valence-electron chi connectivity index (χ2n) is 8.31. The van der Waals surface area contributed by atoms with E-state index in [0.717, 1.165) is 0 Å². The zero-order valence-corrected chi connectivity index (χ0v) is 19.4. The van der Waals surface area contributed by atoms with Crippen molar-refractivity contribution in [2.75, 3.05) is 47.0 Å². The number of nitrogens with zero attached hydrogens (tertiary/aromatic N) is 2. The Bertz CT molecular complexity index is 1140. The van der Waals surface area contributed by atoms with Crippen LogP contribution >= 0.6 is 0 Å². The number of carbonyl (C=O) groups excluding carboxylic acids is 2. The van der Waals surface area contributed by atoms with Gasteiger partial charge in [-0.05, 0) is 56.9 Å². The van der Waals surface area contributed by atoms with E-state index in [1.807, 2.05) is 19.0 Å². The van der Waals surface area contributed by atoms with Gasteiger partial charge in [-0.3, -0.25) is 9.59 Å². The van der Waals surface area contributed by atoms with Gasteiger partial charge in [-0.25, -0.2) is 0 Å². The second kappa shape index (κ2) is 9.64. The Morgan fingerprint density at radius 3 is 2.56 bits per heavy atom. The number of carbonyl (C=O) groups is 2. The minimum atomic E-state index is -0.854. The molecule has 2 aromatic rings. The number of likely N-dealkylation sites (N-methyl/N-ethyl adjacent to an activating group) is 1. The predicted molar refractivity (Wildman–Crippen MR) is 124 cm³/mol. The number of ketones is 1. The third kappa shape index (κ3) is 4.38. The zero-order valence-electron chi connectivity index (χ0n) is 19.4. The fourth-order valence-corrected chi connectivity index (χ4v) is 4.08. The van der Waals surface area contributed by atoms with Crippen molar-refractivity contribution in [2.45, 2.75) is 13.0 Å². The molecule has 34 heavy (non-hydrogen) atoms. The maximum Gasteiger partial charge on any atom is 0.295 e. The van der Waals surface area contributed by atoms with Gasteiger partial charge in [0.05, 0.1) is 18.2 Å². The Morgan fingerprint density at radius 2 is 1.85 bits per heavy atom. The first-order valence-electron chi connectivity index (χ1n) is 11.1. The van der Waals surface area contributed by atoms with Crippen molar-refractivity contribution in [3.05, 3.63) is 53.1 Å². The molecule has 0 aliphatic carbocycles. The lowest BCUT2D eigenvalue weighted by molar-refractivity contribution is -0.140. The van der Waals surface area contributed by atoms with Crippen LogP contribution in [0.5, 0.6) is 23.0 Å². The lowest BCUT2D eigenvalue weighted by Gasteiger charge is -2.27. The Labute approximate surface area is 197 Å². The number of amides is 1. The van der Waals surface area contributed by atoms with E-state index in [1.54, 1.807) is 37.3 Å². The van der Waals surface area contributed by atoms with Crippen molar-refractivity contribution in [1.82, 2.24) is 9.80 Å². The lowest BCUT2D eigenvalue weighted by Crippen LogP contribution is -2.35. The molecule has 4 rings (SSSR count). The highest BCUT2D eigenvalue weighted by molar-refractivity contribution is 6.46. The fraction of sp³-hybridized carbons (Fsp3) is 0.360. The number of aliphatic hydroxyl groups is 1. The first-order valence-corrected chi connectivity index (χ1v) is 11.1. The summed E-state index contributed by atoms with van der Waals surface area (Å²) >= 11 is 0. The van der Waals surface area contributed by atoms with Crippen molar-refractivity contribution < 1.29 is 34.0 Å². The topological polar surface area (TPSA) is 109 Å². The van der Waals surface area contributed by atoms with Crippen LogP contribution in [-0.2, 0) is 9.59 Å². The third-order valence-corrected chi connectivity index (χ3v) is 5.74.